The summed E-state index contributed by atoms with van der Waals surface area (Å²) >= 11 is 0. The first-order valence-electron chi connectivity index (χ1n) is 8.82. The van der Waals surface area contributed by atoms with Crippen molar-refractivity contribution in [3.8, 4) is 0 Å². The van der Waals surface area contributed by atoms with Crippen LogP contribution in [0.15, 0.2) is 41.3 Å². The second-order valence-corrected chi connectivity index (χ2v) is 6.52. The lowest BCUT2D eigenvalue weighted by molar-refractivity contribution is 0.571. The lowest BCUT2D eigenvalue weighted by atomic mass is 9.88. The molecule has 0 aliphatic heterocycles. The molecule has 8 heteroatoms. The van der Waals surface area contributed by atoms with Gasteiger partial charge in [-0.2, -0.15) is 0 Å². The Kier molecular flexibility index (Phi) is 5.99. The molecule has 0 atom stereocenters. The molecular formula is C20H19BF2N4O. The van der Waals surface area contributed by atoms with Crippen LogP contribution >= 0.6 is 0 Å². The second-order valence-electron chi connectivity index (χ2n) is 6.52. The molecule has 0 amide bonds. The van der Waals surface area contributed by atoms with Gasteiger partial charge in [0.2, 0.25) is 5.56 Å². The van der Waals surface area contributed by atoms with Gasteiger partial charge in [-0.25, -0.2) is 18.7 Å². The van der Waals surface area contributed by atoms with Gasteiger partial charge in [0.25, 0.3) is 0 Å². The van der Waals surface area contributed by atoms with E-state index < -0.39 is 11.6 Å². The third-order valence-electron chi connectivity index (χ3n) is 4.58. The van der Waals surface area contributed by atoms with Crippen molar-refractivity contribution in [1.29, 1.82) is 0 Å². The molecule has 2 heterocycles. The molecule has 2 aromatic heterocycles. The first-order chi connectivity index (χ1) is 13.4. The molecule has 3 rings (SSSR count). The third kappa shape index (κ3) is 4.34. The van der Waals surface area contributed by atoms with E-state index in [2.05, 4.69) is 9.97 Å². The van der Waals surface area contributed by atoms with Gasteiger partial charge in [-0.05, 0) is 54.6 Å². The highest BCUT2D eigenvalue weighted by atomic mass is 19.1. The third-order valence-corrected chi connectivity index (χ3v) is 4.58. The van der Waals surface area contributed by atoms with Crippen molar-refractivity contribution in [2.75, 3.05) is 0 Å². The van der Waals surface area contributed by atoms with Crippen molar-refractivity contribution in [2.45, 2.75) is 32.9 Å². The molecule has 0 saturated heterocycles. The zero-order valence-corrected chi connectivity index (χ0v) is 15.5. The van der Waals surface area contributed by atoms with Crippen LogP contribution in [-0.2, 0) is 25.9 Å². The number of aryl methyl sites for hydroxylation is 3. The fraction of sp³-hybridized carbons (Fsp3) is 0.250. The summed E-state index contributed by atoms with van der Waals surface area (Å²) in [6.07, 6.45) is 2.28. The van der Waals surface area contributed by atoms with Gasteiger partial charge in [-0.15, -0.1) is 0 Å². The molecular weight excluding hydrogens is 361 g/mol. The summed E-state index contributed by atoms with van der Waals surface area (Å²) in [5.74, 6) is -0.737. The van der Waals surface area contributed by atoms with E-state index in [1.54, 1.807) is 19.2 Å². The number of hydrogen-bond donors (Lipinski definition) is 1. The first kappa shape index (κ1) is 19.9. The number of nitrogens with zero attached hydrogens (tertiary/aromatic N) is 3. The van der Waals surface area contributed by atoms with Crippen LogP contribution in [0.3, 0.4) is 0 Å². The number of aromatic nitrogens is 3. The fourth-order valence-corrected chi connectivity index (χ4v) is 3.04. The summed E-state index contributed by atoms with van der Waals surface area (Å²) in [5, 5.41) is 0. The molecule has 0 aliphatic rings. The van der Waals surface area contributed by atoms with Crippen LogP contribution in [-0.4, -0.2) is 22.4 Å². The number of rotatable bonds is 6. The summed E-state index contributed by atoms with van der Waals surface area (Å²) in [6, 6.07) is 6.98. The monoisotopic (exact) mass is 380 g/mol. The minimum absolute atomic E-state index is 0.112. The maximum atomic E-state index is 13.8. The van der Waals surface area contributed by atoms with Crippen LogP contribution in [0.4, 0.5) is 8.78 Å². The smallest absolute Gasteiger partial charge is 0.244 e. The summed E-state index contributed by atoms with van der Waals surface area (Å²) in [7, 11) is 6.05. The Hall–Kier alpha value is -2.87. The molecule has 5 nitrogen and oxygen atoms in total. The molecule has 3 aromatic rings. The Morgan fingerprint density at radius 2 is 1.89 bits per heavy atom. The highest BCUT2D eigenvalue weighted by Crippen LogP contribution is 2.13. The molecule has 2 N–H and O–H groups in total. The molecule has 28 heavy (non-hydrogen) atoms. The van der Waals surface area contributed by atoms with E-state index in [-0.39, 0.29) is 24.1 Å². The predicted molar refractivity (Wildman–Crippen MR) is 104 cm³/mol. The molecule has 0 bridgehead atoms. The predicted octanol–water partition coefficient (Wildman–Crippen LogP) is 1.31. The molecule has 0 aliphatic carbocycles. The first-order valence-corrected chi connectivity index (χ1v) is 8.82. The van der Waals surface area contributed by atoms with Crippen LogP contribution in [0.25, 0.3) is 0 Å². The Balaban J connectivity index is 1.84. The van der Waals surface area contributed by atoms with Crippen LogP contribution in [0, 0.1) is 18.6 Å². The number of halogens is 2. The van der Waals surface area contributed by atoms with E-state index in [1.165, 1.54) is 16.7 Å². The summed E-state index contributed by atoms with van der Waals surface area (Å²) < 4.78 is 28.4. The van der Waals surface area contributed by atoms with E-state index in [4.69, 9.17) is 13.6 Å². The topological polar surface area (TPSA) is 73.8 Å². The normalized spacial score (nSPS) is 11.0. The van der Waals surface area contributed by atoms with Gasteiger partial charge >= 0.3 is 0 Å². The quantitative estimate of drug-likeness (QED) is 0.655. The van der Waals surface area contributed by atoms with Crippen LogP contribution in [0.2, 0.25) is 0 Å². The van der Waals surface area contributed by atoms with E-state index >= 15 is 0 Å². The number of benzene rings is 1. The average Bonchev–Trinajstić information content (AvgIpc) is 2.68. The molecule has 142 valence electrons. The summed E-state index contributed by atoms with van der Waals surface area (Å²) in [5.41, 5.74) is 7.71. The Morgan fingerprint density at radius 3 is 2.61 bits per heavy atom. The van der Waals surface area contributed by atoms with Crippen molar-refractivity contribution in [2.24, 2.45) is 5.73 Å². The second kappa shape index (κ2) is 8.43. The Morgan fingerprint density at radius 1 is 1.14 bits per heavy atom. The standard InChI is InChI=1S/C20H19BF2N4O/c1-12-8-14(3-2-13-4-5-15(22)9-17(13)23)19(21)20(28)27(12)11-16-6-7-25-18(10-24)26-16/h4-9H,2-3,10-11,24H2,1H3. The van der Waals surface area contributed by atoms with Gasteiger partial charge in [-0.1, -0.05) is 6.07 Å². The van der Waals surface area contributed by atoms with Crippen molar-refractivity contribution in [3.63, 3.8) is 0 Å². The van der Waals surface area contributed by atoms with Gasteiger partial charge in [-0.3, -0.25) is 4.79 Å². The highest BCUT2D eigenvalue weighted by Gasteiger charge is 2.12. The lowest BCUT2D eigenvalue weighted by Crippen LogP contribution is -2.38. The van der Waals surface area contributed by atoms with Crippen molar-refractivity contribution in [3.05, 3.63) is 86.9 Å². The SMILES string of the molecule is [B]c1c(CCc2ccc(F)cc2F)cc(C)n(Cc2ccnc(CN)n2)c1=O. The molecule has 0 unspecified atom stereocenters. The maximum Gasteiger partial charge on any atom is 0.244 e. The molecule has 1 aromatic carbocycles. The summed E-state index contributed by atoms with van der Waals surface area (Å²) in [4.78, 5) is 21.1. The van der Waals surface area contributed by atoms with E-state index in [9.17, 15) is 13.6 Å². The van der Waals surface area contributed by atoms with Crippen molar-refractivity contribution in [1.82, 2.24) is 14.5 Å². The molecule has 0 fully saturated rings. The van der Waals surface area contributed by atoms with E-state index in [0.29, 0.717) is 41.2 Å². The van der Waals surface area contributed by atoms with Gasteiger partial charge < -0.3 is 10.3 Å². The minimum Gasteiger partial charge on any atom is -0.324 e. The maximum absolute atomic E-state index is 13.8. The molecule has 0 saturated carbocycles. The van der Waals surface area contributed by atoms with Crippen molar-refractivity contribution < 1.29 is 8.78 Å². The van der Waals surface area contributed by atoms with Crippen molar-refractivity contribution >= 4 is 13.3 Å². The summed E-state index contributed by atoms with van der Waals surface area (Å²) in [6.45, 7) is 2.26. The zero-order valence-electron chi connectivity index (χ0n) is 15.5. The zero-order chi connectivity index (χ0) is 20.3. The largest absolute Gasteiger partial charge is 0.324 e. The lowest BCUT2D eigenvalue weighted by Gasteiger charge is -2.15. The van der Waals surface area contributed by atoms with Crippen LogP contribution < -0.4 is 16.8 Å². The van der Waals surface area contributed by atoms with Crippen LogP contribution in [0.5, 0.6) is 0 Å². The highest BCUT2D eigenvalue weighted by molar-refractivity contribution is 6.33. The average molecular weight is 380 g/mol. The van der Waals surface area contributed by atoms with Gasteiger partial charge in [0, 0.05) is 18.0 Å². The Labute approximate surface area is 162 Å². The van der Waals surface area contributed by atoms with Gasteiger partial charge in [0.05, 0.1) is 18.8 Å². The number of pyridine rings is 1. The molecule has 0 spiro atoms. The molecule has 2 radical (unpaired) electrons. The van der Waals surface area contributed by atoms with Gasteiger partial charge in [0.1, 0.15) is 25.3 Å². The van der Waals surface area contributed by atoms with Crippen LogP contribution in [0.1, 0.15) is 28.3 Å². The Bertz CT molecular complexity index is 1070. The number of hydrogen-bond acceptors (Lipinski definition) is 4. The van der Waals surface area contributed by atoms with Gasteiger partial charge in [0.15, 0.2) is 0 Å². The van der Waals surface area contributed by atoms with E-state index in [0.717, 1.165) is 6.07 Å². The van der Waals surface area contributed by atoms with E-state index in [1.807, 2.05) is 6.07 Å². The number of nitrogens with two attached hydrogens (primary N) is 1. The minimum atomic E-state index is -0.623. The fourth-order valence-electron chi connectivity index (χ4n) is 3.04.